The zero-order chi connectivity index (χ0) is 9.31. The van der Waals surface area contributed by atoms with E-state index in [2.05, 4.69) is 44.7 Å². The van der Waals surface area contributed by atoms with Crippen molar-refractivity contribution in [2.75, 3.05) is 7.05 Å². The van der Waals surface area contributed by atoms with Crippen LogP contribution in [-0.4, -0.2) is 23.5 Å². The molecule has 0 spiro atoms. The van der Waals surface area contributed by atoms with Gasteiger partial charge in [-0.1, -0.05) is 35.1 Å². The lowest BCUT2D eigenvalue weighted by molar-refractivity contribution is 0.0846. The monoisotopic (exact) mass is 291 g/mol. The van der Waals surface area contributed by atoms with Crippen LogP contribution in [0.25, 0.3) is 0 Å². The molecule has 0 radical (unpaired) electrons. The largest absolute Gasteiger partial charge is 0.297 e. The summed E-state index contributed by atoms with van der Waals surface area (Å²) >= 11 is 2.33. The lowest BCUT2D eigenvalue weighted by Crippen LogP contribution is -2.47. The zero-order valence-electron chi connectivity index (χ0n) is 8.30. The van der Waals surface area contributed by atoms with E-state index in [-0.39, 0.29) is 0 Å². The minimum Gasteiger partial charge on any atom is -0.297 e. The summed E-state index contributed by atoms with van der Waals surface area (Å²) in [6.45, 7) is 0. The molecule has 2 aliphatic heterocycles. The van der Waals surface area contributed by atoms with Crippen LogP contribution in [0.1, 0.15) is 38.5 Å². The highest BCUT2D eigenvalue weighted by Crippen LogP contribution is 2.45. The Morgan fingerprint density at radius 1 is 1.46 bits per heavy atom. The Morgan fingerprint density at radius 3 is 3.08 bits per heavy atom. The summed E-state index contributed by atoms with van der Waals surface area (Å²) in [5.41, 5.74) is 0.546. The van der Waals surface area contributed by atoms with Crippen molar-refractivity contribution >= 4 is 22.6 Å². The second kappa shape index (κ2) is 3.89. The molecule has 2 atom stereocenters. The third-order valence-electron chi connectivity index (χ3n) is 4.01. The van der Waals surface area contributed by atoms with Crippen molar-refractivity contribution in [3.05, 3.63) is 10.2 Å². The molecule has 0 aromatic heterocycles. The number of halogens is 1. The zero-order valence-corrected chi connectivity index (χ0v) is 10.5. The van der Waals surface area contributed by atoms with Gasteiger partial charge in [-0.2, -0.15) is 0 Å². The molecular formula is C11H18IN. The van der Waals surface area contributed by atoms with Gasteiger partial charge in [0, 0.05) is 11.6 Å². The maximum atomic E-state index is 2.66. The second-order valence-electron chi connectivity index (χ2n) is 4.49. The molecule has 2 saturated heterocycles. The number of hydrogen-bond acceptors (Lipinski definition) is 1. The Kier molecular flexibility index (Phi) is 2.98. The maximum Gasteiger partial charge on any atom is 0.0244 e. The van der Waals surface area contributed by atoms with Gasteiger partial charge >= 0.3 is 0 Å². The summed E-state index contributed by atoms with van der Waals surface area (Å²) in [5, 5.41) is 0. The molecule has 2 fully saturated rings. The van der Waals surface area contributed by atoms with Crippen molar-refractivity contribution in [2.45, 2.75) is 50.1 Å². The summed E-state index contributed by atoms with van der Waals surface area (Å²) in [5.74, 6) is 0. The second-order valence-corrected chi connectivity index (χ2v) is 5.20. The summed E-state index contributed by atoms with van der Waals surface area (Å²) in [6, 6.07) is 0.899. The van der Waals surface area contributed by atoms with E-state index in [1.54, 1.807) is 0 Å². The van der Waals surface area contributed by atoms with E-state index in [4.69, 9.17) is 0 Å². The van der Waals surface area contributed by atoms with Crippen molar-refractivity contribution in [3.63, 3.8) is 0 Å². The first-order valence-electron chi connectivity index (χ1n) is 5.27. The third-order valence-corrected chi connectivity index (χ3v) is 4.51. The molecule has 2 bridgehead atoms. The Bertz CT molecular complexity index is 210. The molecule has 0 saturated carbocycles. The first-order valence-corrected chi connectivity index (χ1v) is 6.51. The lowest BCUT2D eigenvalue weighted by Gasteiger charge is -2.42. The minimum atomic E-state index is 0.546. The van der Waals surface area contributed by atoms with Crippen molar-refractivity contribution in [1.82, 2.24) is 4.90 Å². The van der Waals surface area contributed by atoms with Crippen LogP contribution in [0.4, 0.5) is 0 Å². The fourth-order valence-corrected chi connectivity index (χ4v) is 3.36. The van der Waals surface area contributed by atoms with Gasteiger partial charge in [0.25, 0.3) is 0 Å². The van der Waals surface area contributed by atoms with E-state index in [0.717, 1.165) is 6.04 Å². The molecule has 1 nitrogen and oxygen atoms in total. The normalized spacial score (nSPS) is 40.3. The highest BCUT2D eigenvalue weighted by Gasteiger charge is 2.45. The molecule has 2 heterocycles. The van der Waals surface area contributed by atoms with E-state index >= 15 is 0 Å². The molecule has 0 aliphatic carbocycles. The van der Waals surface area contributed by atoms with E-state index in [1.807, 2.05) is 0 Å². The van der Waals surface area contributed by atoms with E-state index in [0.29, 0.717) is 5.54 Å². The molecule has 13 heavy (non-hydrogen) atoms. The lowest BCUT2D eigenvalue weighted by atomic mass is 9.86. The SMILES string of the molecule is CN1[C@@H]2CCC[C@@]1(CC=CI)CC2. The number of piperidine rings is 1. The van der Waals surface area contributed by atoms with Gasteiger partial charge in [0.2, 0.25) is 0 Å². The molecule has 0 aromatic rings. The molecule has 0 amide bonds. The van der Waals surface area contributed by atoms with Crippen molar-refractivity contribution in [2.24, 2.45) is 0 Å². The molecule has 2 aliphatic rings. The van der Waals surface area contributed by atoms with Crippen LogP contribution in [0.15, 0.2) is 10.2 Å². The molecule has 74 valence electrons. The Hall–Kier alpha value is 0.430. The Morgan fingerprint density at radius 2 is 2.31 bits per heavy atom. The summed E-state index contributed by atoms with van der Waals surface area (Å²) in [7, 11) is 2.33. The van der Waals surface area contributed by atoms with Gasteiger partial charge in [0.05, 0.1) is 0 Å². The highest BCUT2D eigenvalue weighted by atomic mass is 127. The van der Waals surface area contributed by atoms with Crippen LogP contribution in [0.5, 0.6) is 0 Å². The van der Waals surface area contributed by atoms with Crippen LogP contribution in [0.3, 0.4) is 0 Å². The standard InChI is InChI=1S/C11H18IN/c1-13-10-4-2-6-11(13,8-5-10)7-3-9-12/h3,9-10H,2,4-8H2,1H3/t10-,11-/m1/s1. The molecule has 0 unspecified atom stereocenters. The predicted octanol–water partition coefficient (Wildman–Crippen LogP) is 3.34. The maximum absolute atomic E-state index is 2.66. The van der Waals surface area contributed by atoms with Crippen molar-refractivity contribution in [3.8, 4) is 0 Å². The molecule has 0 N–H and O–H groups in total. The van der Waals surface area contributed by atoms with Crippen molar-refractivity contribution in [1.29, 1.82) is 0 Å². The van der Waals surface area contributed by atoms with Gasteiger partial charge in [-0.3, -0.25) is 4.90 Å². The smallest absolute Gasteiger partial charge is 0.0244 e. The van der Waals surface area contributed by atoms with Crippen LogP contribution in [0, 0.1) is 0 Å². The Balaban J connectivity index is 2.11. The molecule has 2 heteroatoms. The van der Waals surface area contributed by atoms with Gasteiger partial charge in [-0.05, 0) is 43.2 Å². The van der Waals surface area contributed by atoms with E-state index < -0.39 is 0 Å². The number of fused-ring (bicyclic) bond motifs is 2. The highest BCUT2D eigenvalue weighted by molar-refractivity contribution is 14.1. The molecule has 0 aromatic carbocycles. The first-order chi connectivity index (χ1) is 6.28. The van der Waals surface area contributed by atoms with Crippen molar-refractivity contribution < 1.29 is 0 Å². The topological polar surface area (TPSA) is 3.24 Å². The third kappa shape index (κ3) is 1.67. The number of rotatable bonds is 2. The molecular weight excluding hydrogens is 273 g/mol. The quantitative estimate of drug-likeness (QED) is 0.705. The van der Waals surface area contributed by atoms with Crippen LogP contribution < -0.4 is 0 Å². The average molecular weight is 291 g/mol. The van der Waals surface area contributed by atoms with E-state index in [1.165, 1.54) is 38.5 Å². The number of nitrogens with zero attached hydrogens (tertiary/aromatic N) is 1. The van der Waals surface area contributed by atoms with Crippen LogP contribution in [0.2, 0.25) is 0 Å². The fraction of sp³-hybridized carbons (Fsp3) is 0.818. The minimum absolute atomic E-state index is 0.546. The van der Waals surface area contributed by atoms with Gasteiger partial charge in [-0.25, -0.2) is 0 Å². The average Bonchev–Trinajstić information content (AvgIpc) is 2.39. The van der Waals surface area contributed by atoms with E-state index in [9.17, 15) is 0 Å². The predicted molar refractivity (Wildman–Crippen MR) is 65.1 cm³/mol. The van der Waals surface area contributed by atoms with Gasteiger partial charge in [0.1, 0.15) is 0 Å². The molecule has 2 rings (SSSR count). The van der Waals surface area contributed by atoms with Gasteiger partial charge in [-0.15, -0.1) is 0 Å². The van der Waals surface area contributed by atoms with Crippen LogP contribution >= 0.6 is 22.6 Å². The first kappa shape index (κ1) is 9.97. The van der Waals surface area contributed by atoms with Crippen LogP contribution in [-0.2, 0) is 0 Å². The van der Waals surface area contributed by atoms with Gasteiger partial charge in [0.15, 0.2) is 0 Å². The Labute approximate surface area is 94.7 Å². The fourth-order valence-electron chi connectivity index (χ4n) is 3.11. The number of hydrogen-bond donors (Lipinski definition) is 0. The summed E-state index contributed by atoms with van der Waals surface area (Å²) in [4.78, 5) is 2.66. The summed E-state index contributed by atoms with van der Waals surface area (Å²) in [6.07, 6.45) is 10.8. The summed E-state index contributed by atoms with van der Waals surface area (Å²) < 4.78 is 2.17. The van der Waals surface area contributed by atoms with Gasteiger partial charge < -0.3 is 0 Å².